The maximum atomic E-state index is 14.1. The highest BCUT2D eigenvalue weighted by molar-refractivity contribution is 9.10. The van der Waals surface area contributed by atoms with Gasteiger partial charge in [-0.25, -0.2) is 4.39 Å². The molecular formula is C20H16BrFN2O4. The van der Waals surface area contributed by atoms with Gasteiger partial charge < -0.3 is 19.4 Å². The van der Waals surface area contributed by atoms with Crippen LogP contribution in [0.1, 0.15) is 20.9 Å². The number of nitrogens with one attached hydrogen (secondary N) is 1. The fourth-order valence-corrected chi connectivity index (χ4v) is 3.44. The van der Waals surface area contributed by atoms with Crippen molar-refractivity contribution in [3.05, 3.63) is 64.1 Å². The lowest BCUT2D eigenvalue weighted by Crippen LogP contribution is -2.40. The third kappa shape index (κ3) is 3.53. The van der Waals surface area contributed by atoms with Crippen LogP contribution in [0.25, 0.3) is 11.0 Å². The molecule has 0 spiro atoms. The molecule has 0 saturated carbocycles. The highest BCUT2D eigenvalue weighted by Crippen LogP contribution is 2.32. The van der Waals surface area contributed by atoms with Crippen LogP contribution >= 0.6 is 15.9 Å². The van der Waals surface area contributed by atoms with E-state index in [1.54, 1.807) is 29.2 Å². The van der Waals surface area contributed by atoms with Gasteiger partial charge in [0.25, 0.3) is 11.8 Å². The molecule has 0 aliphatic carbocycles. The van der Waals surface area contributed by atoms with Gasteiger partial charge in [-0.2, -0.15) is 0 Å². The highest BCUT2D eigenvalue weighted by Gasteiger charge is 2.28. The van der Waals surface area contributed by atoms with Crippen LogP contribution in [-0.2, 0) is 4.74 Å². The normalized spacial score (nSPS) is 14.3. The van der Waals surface area contributed by atoms with Gasteiger partial charge in [-0.15, -0.1) is 0 Å². The van der Waals surface area contributed by atoms with Crippen molar-refractivity contribution in [2.24, 2.45) is 0 Å². The van der Waals surface area contributed by atoms with E-state index in [0.29, 0.717) is 41.7 Å². The lowest BCUT2D eigenvalue weighted by molar-refractivity contribution is 0.0285. The summed E-state index contributed by atoms with van der Waals surface area (Å²) in [6.07, 6.45) is 0. The van der Waals surface area contributed by atoms with Crippen molar-refractivity contribution in [1.82, 2.24) is 4.90 Å². The molecule has 2 heterocycles. The molecule has 1 N–H and O–H groups in total. The second-order valence-electron chi connectivity index (χ2n) is 6.29. The van der Waals surface area contributed by atoms with Crippen molar-refractivity contribution >= 4 is 44.4 Å². The molecule has 2 amide bonds. The summed E-state index contributed by atoms with van der Waals surface area (Å²) in [7, 11) is 0. The van der Waals surface area contributed by atoms with Gasteiger partial charge >= 0.3 is 0 Å². The fraction of sp³-hybridized carbons (Fsp3) is 0.200. The van der Waals surface area contributed by atoms with Crippen LogP contribution in [0.5, 0.6) is 0 Å². The largest absolute Gasteiger partial charge is 0.449 e. The Morgan fingerprint density at radius 3 is 2.64 bits per heavy atom. The third-order valence-electron chi connectivity index (χ3n) is 4.50. The molecule has 0 atom stereocenters. The van der Waals surface area contributed by atoms with Crippen LogP contribution < -0.4 is 5.32 Å². The Morgan fingerprint density at radius 2 is 1.86 bits per heavy atom. The predicted molar refractivity (Wildman–Crippen MR) is 105 cm³/mol. The van der Waals surface area contributed by atoms with Gasteiger partial charge in [0, 0.05) is 22.9 Å². The van der Waals surface area contributed by atoms with Crippen molar-refractivity contribution in [2.45, 2.75) is 0 Å². The number of hydrogen-bond acceptors (Lipinski definition) is 4. The van der Waals surface area contributed by atoms with Crippen LogP contribution in [-0.4, -0.2) is 43.0 Å². The maximum absolute atomic E-state index is 14.1. The quantitative estimate of drug-likeness (QED) is 0.658. The topological polar surface area (TPSA) is 71.8 Å². The zero-order valence-corrected chi connectivity index (χ0v) is 16.3. The molecule has 4 rings (SSSR count). The summed E-state index contributed by atoms with van der Waals surface area (Å²) in [5, 5.41) is 3.24. The Bertz CT molecular complexity index is 1060. The summed E-state index contributed by atoms with van der Waals surface area (Å²) in [6, 6.07) is 11.1. The molecule has 6 nitrogen and oxygen atoms in total. The SMILES string of the molecule is O=C(Nc1c(C(=O)N2CCOCC2)oc2ccccc12)c1cc(Br)ccc1F. The summed E-state index contributed by atoms with van der Waals surface area (Å²) in [4.78, 5) is 27.3. The van der Waals surface area contributed by atoms with Crippen molar-refractivity contribution in [3.63, 3.8) is 0 Å². The summed E-state index contributed by atoms with van der Waals surface area (Å²) in [6.45, 7) is 1.75. The summed E-state index contributed by atoms with van der Waals surface area (Å²) < 4.78 is 25.7. The van der Waals surface area contributed by atoms with E-state index in [2.05, 4.69) is 21.2 Å². The molecule has 144 valence electrons. The molecule has 1 aliphatic rings. The van der Waals surface area contributed by atoms with Crippen LogP contribution in [0.15, 0.2) is 51.4 Å². The number of morpholine rings is 1. The highest BCUT2D eigenvalue weighted by atomic mass is 79.9. The molecule has 1 fully saturated rings. The summed E-state index contributed by atoms with van der Waals surface area (Å²) in [5.74, 6) is -1.65. The number of rotatable bonds is 3. The van der Waals surface area contributed by atoms with E-state index in [1.165, 1.54) is 18.2 Å². The molecule has 3 aromatic rings. The molecule has 1 aromatic heterocycles. The van der Waals surface area contributed by atoms with Crippen LogP contribution in [0, 0.1) is 5.82 Å². The number of ether oxygens (including phenoxy) is 1. The lowest BCUT2D eigenvalue weighted by atomic mass is 10.1. The summed E-state index contributed by atoms with van der Waals surface area (Å²) in [5.41, 5.74) is 0.560. The molecule has 1 aliphatic heterocycles. The fourth-order valence-electron chi connectivity index (χ4n) is 3.08. The Hall–Kier alpha value is -2.71. The van der Waals surface area contributed by atoms with Gasteiger partial charge in [-0.3, -0.25) is 9.59 Å². The minimum absolute atomic E-state index is 0.0202. The standard InChI is InChI=1S/C20H16BrFN2O4/c21-12-5-6-15(22)14(11-12)19(25)23-17-13-3-1-2-4-16(13)28-18(17)20(26)24-7-9-27-10-8-24/h1-6,11H,7-10H2,(H,23,25). The van der Waals surface area contributed by atoms with Crippen LogP contribution in [0.3, 0.4) is 0 Å². The zero-order valence-electron chi connectivity index (χ0n) is 14.7. The van der Waals surface area contributed by atoms with Crippen molar-refractivity contribution in [1.29, 1.82) is 0 Å². The summed E-state index contributed by atoms with van der Waals surface area (Å²) >= 11 is 3.23. The van der Waals surface area contributed by atoms with Crippen LogP contribution in [0.4, 0.5) is 10.1 Å². The first-order chi connectivity index (χ1) is 13.5. The van der Waals surface area contributed by atoms with E-state index in [9.17, 15) is 14.0 Å². The first kappa shape index (κ1) is 18.6. The molecule has 0 bridgehead atoms. The number of nitrogens with zero attached hydrogens (tertiary/aromatic N) is 1. The molecular weight excluding hydrogens is 431 g/mol. The smallest absolute Gasteiger partial charge is 0.291 e. The second kappa shape index (κ2) is 7.73. The Morgan fingerprint density at radius 1 is 1.11 bits per heavy atom. The average Bonchev–Trinajstić information content (AvgIpc) is 3.08. The van der Waals surface area contributed by atoms with Crippen molar-refractivity contribution in [3.8, 4) is 0 Å². The molecule has 1 saturated heterocycles. The third-order valence-corrected chi connectivity index (χ3v) is 4.99. The van der Waals surface area contributed by atoms with E-state index < -0.39 is 11.7 Å². The number of furan rings is 1. The van der Waals surface area contributed by atoms with Crippen molar-refractivity contribution in [2.75, 3.05) is 31.6 Å². The van der Waals surface area contributed by atoms with E-state index >= 15 is 0 Å². The number of amides is 2. The maximum Gasteiger partial charge on any atom is 0.291 e. The first-order valence-corrected chi connectivity index (χ1v) is 9.49. The Labute approximate surface area is 168 Å². The van der Waals surface area contributed by atoms with Gasteiger partial charge in [0.15, 0.2) is 0 Å². The zero-order chi connectivity index (χ0) is 19.7. The average molecular weight is 447 g/mol. The molecule has 0 unspecified atom stereocenters. The lowest BCUT2D eigenvalue weighted by Gasteiger charge is -2.26. The number of para-hydroxylation sites is 1. The number of fused-ring (bicyclic) bond motifs is 1. The molecule has 28 heavy (non-hydrogen) atoms. The number of halogens is 2. The Kier molecular flexibility index (Phi) is 5.15. The molecule has 2 aromatic carbocycles. The van der Waals surface area contributed by atoms with Crippen LogP contribution in [0.2, 0.25) is 0 Å². The van der Waals surface area contributed by atoms with E-state index in [-0.39, 0.29) is 22.9 Å². The van der Waals surface area contributed by atoms with Gasteiger partial charge in [-0.1, -0.05) is 28.1 Å². The number of benzene rings is 2. The minimum Gasteiger partial charge on any atom is -0.449 e. The minimum atomic E-state index is -0.665. The first-order valence-electron chi connectivity index (χ1n) is 8.69. The Balaban J connectivity index is 1.73. The number of anilines is 1. The van der Waals surface area contributed by atoms with E-state index in [1.807, 2.05) is 0 Å². The van der Waals surface area contributed by atoms with Gasteiger partial charge in [0.1, 0.15) is 17.1 Å². The molecule has 0 radical (unpaired) electrons. The van der Waals surface area contributed by atoms with Gasteiger partial charge in [0.2, 0.25) is 5.76 Å². The van der Waals surface area contributed by atoms with Crippen molar-refractivity contribution < 1.29 is 23.1 Å². The number of carbonyl (C=O) groups excluding carboxylic acids is 2. The second-order valence-corrected chi connectivity index (χ2v) is 7.20. The monoisotopic (exact) mass is 446 g/mol. The molecule has 8 heteroatoms. The van der Waals surface area contributed by atoms with Gasteiger partial charge in [-0.05, 0) is 30.3 Å². The van der Waals surface area contributed by atoms with Gasteiger partial charge in [0.05, 0.1) is 18.8 Å². The van der Waals surface area contributed by atoms with E-state index in [4.69, 9.17) is 9.15 Å². The number of carbonyl (C=O) groups is 2. The van der Waals surface area contributed by atoms with E-state index in [0.717, 1.165) is 0 Å². The number of hydrogen-bond donors (Lipinski definition) is 1. The predicted octanol–water partition coefficient (Wildman–Crippen LogP) is 4.06.